The number of nitriles is 1. The van der Waals surface area contributed by atoms with Crippen molar-refractivity contribution in [1.82, 2.24) is 4.98 Å². The molecular formula is C18H11N2Se. The van der Waals surface area contributed by atoms with Crippen molar-refractivity contribution in [3.05, 3.63) is 72.3 Å². The van der Waals surface area contributed by atoms with Gasteiger partial charge in [0.05, 0.1) is 0 Å². The summed E-state index contributed by atoms with van der Waals surface area (Å²) in [7, 11) is 0. The first-order valence-electron chi connectivity index (χ1n) is 6.52. The van der Waals surface area contributed by atoms with Gasteiger partial charge in [-0.05, 0) is 0 Å². The second kappa shape index (κ2) is 5.93. The molecule has 0 spiro atoms. The predicted molar refractivity (Wildman–Crippen MR) is 85.2 cm³/mol. The first kappa shape index (κ1) is 13.6. The van der Waals surface area contributed by atoms with Gasteiger partial charge in [-0.2, -0.15) is 0 Å². The second-order valence-corrected chi connectivity index (χ2v) is 5.39. The van der Waals surface area contributed by atoms with Gasteiger partial charge in [0.1, 0.15) is 0 Å². The Hall–Kier alpha value is -2.40. The SMILES string of the molecule is N#Cc1c(-c2ccccc2)cc(-c2ccccc2)nc1[Se]. The minimum absolute atomic E-state index is 0.584. The van der Waals surface area contributed by atoms with E-state index in [1.807, 2.05) is 66.7 Å². The van der Waals surface area contributed by atoms with E-state index in [-0.39, 0.29) is 0 Å². The Morgan fingerprint density at radius 2 is 1.43 bits per heavy atom. The molecule has 0 bridgehead atoms. The zero-order valence-electron chi connectivity index (χ0n) is 11.2. The number of pyridine rings is 1. The van der Waals surface area contributed by atoms with Crippen LogP contribution in [0.15, 0.2) is 66.7 Å². The molecule has 0 fully saturated rings. The van der Waals surface area contributed by atoms with Crippen LogP contribution in [0.2, 0.25) is 0 Å². The van der Waals surface area contributed by atoms with Crippen molar-refractivity contribution in [3.63, 3.8) is 0 Å². The summed E-state index contributed by atoms with van der Waals surface area (Å²) in [5.41, 5.74) is 4.41. The third kappa shape index (κ3) is 2.73. The molecule has 2 aromatic carbocycles. The molecule has 0 unspecified atom stereocenters. The molecule has 0 aliphatic carbocycles. The van der Waals surface area contributed by atoms with Crippen LogP contribution in [-0.4, -0.2) is 21.0 Å². The van der Waals surface area contributed by atoms with E-state index in [9.17, 15) is 5.26 Å². The van der Waals surface area contributed by atoms with Gasteiger partial charge in [-0.25, -0.2) is 0 Å². The summed E-state index contributed by atoms with van der Waals surface area (Å²) in [6.07, 6.45) is 0. The average Bonchev–Trinajstić information content (AvgIpc) is 2.55. The third-order valence-corrected chi connectivity index (χ3v) is 3.87. The Kier molecular flexibility index (Phi) is 3.83. The van der Waals surface area contributed by atoms with Gasteiger partial charge in [-0.15, -0.1) is 0 Å². The Balaban J connectivity index is 2.24. The van der Waals surface area contributed by atoms with Gasteiger partial charge < -0.3 is 0 Å². The van der Waals surface area contributed by atoms with Crippen LogP contribution >= 0.6 is 0 Å². The molecule has 0 aliphatic heterocycles. The summed E-state index contributed by atoms with van der Waals surface area (Å²) in [4.78, 5) is 4.52. The Morgan fingerprint density at radius 3 is 2.00 bits per heavy atom. The van der Waals surface area contributed by atoms with Crippen molar-refractivity contribution in [2.24, 2.45) is 0 Å². The fraction of sp³-hybridized carbons (Fsp3) is 0. The van der Waals surface area contributed by atoms with Crippen LogP contribution in [0.25, 0.3) is 22.4 Å². The molecule has 2 nitrogen and oxygen atoms in total. The molecule has 3 aromatic rings. The molecule has 1 aromatic heterocycles. The Morgan fingerprint density at radius 1 is 0.857 bits per heavy atom. The number of rotatable bonds is 2. The van der Waals surface area contributed by atoms with Gasteiger partial charge in [0, 0.05) is 0 Å². The van der Waals surface area contributed by atoms with Gasteiger partial charge in [0.25, 0.3) is 0 Å². The van der Waals surface area contributed by atoms with Crippen LogP contribution in [0.3, 0.4) is 0 Å². The monoisotopic (exact) mass is 335 g/mol. The van der Waals surface area contributed by atoms with E-state index in [4.69, 9.17) is 0 Å². The molecular weight excluding hydrogens is 323 g/mol. The number of nitrogens with zero attached hydrogens (tertiary/aromatic N) is 2. The fourth-order valence-corrected chi connectivity index (χ4v) is 2.76. The number of hydrogen-bond acceptors (Lipinski definition) is 2. The summed E-state index contributed by atoms with van der Waals surface area (Å²) in [6.45, 7) is 0. The normalized spacial score (nSPS) is 10.0. The maximum atomic E-state index is 9.41. The van der Waals surface area contributed by atoms with Gasteiger partial charge in [-0.3, -0.25) is 0 Å². The summed E-state index contributed by atoms with van der Waals surface area (Å²) >= 11 is 2.91. The average molecular weight is 334 g/mol. The van der Waals surface area contributed by atoms with Crippen LogP contribution in [0.1, 0.15) is 5.56 Å². The molecule has 0 amide bonds. The van der Waals surface area contributed by atoms with E-state index in [1.54, 1.807) is 0 Å². The molecule has 1 heterocycles. The summed E-state index contributed by atoms with van der Waals surface area (Å²) in [5.74, 6) is 0. The molecule has 21 heavy (non-hydrogen) atoms. The van der Waals surface area contributed by atoms with Crippen molar-refractivity contribution >= 4 is 20.6 Å². The van der Waals surface area contributed by atoms with Crippen molar-refractivity contribution in [2.45, 2.75) is 0 Å². The maximum absolute atomic E-state index is 9.41. The third-order valence-electron chi connectivity index (χ3n) is 3.25. The molecule has 3 rings (SSSR count). The molecule has 0 N–H and O–H groups in total. The van der Waals surface area contributed by atoms with E-state index in [1.165, 1.54) is 0 Å². The molecule has 0 saturated carbocycles. The van der Waals surface area contributed by atoms with Gasteiger partial charge in [-0.1, -0.05) is 0 Å². The van der Waals surface area contributed by atoms with Crippen molar-refractivity contribution < 1.29 is 0 Å². The molecule has 0 saturated heterocycles. The second-order valence-electron chi connectivity index (χ2n) is 4.58. The molecule has 0 atom stereocenters. The van der Waals surface area contributed by atoms with Crippen LogP contribution < -0.4 is 4.59 Å². The standard InChI is InChI=1S/C18H11N2Se/c19-12-16-15(13-7-3-1-4-8-13)11-17(20-18(16)21)14-9-5-2-6-10-14/h1-11H. The van der Waals surface area contributed by atoms with E-state index in [0.29, 0.717) is 10.2 Å². The van der Waals surface area contributed by atoms with Crippen LogP contribution in [0.5, 0.6) is 0 Å². The summed E-state index contributed by atoms with van der Waals surface area (Å²) < 4.78 is 0.637. The number of aromatic nitrogens is 1. The fourth-order valence-electron chi connectivity index (χ4n) is 2.23. The predicted octanol–water partition coefficient (Wildman–Crippen LogP) is 3.08. The molecule has 1 radical (unpaired) electrons. The van der Waals surface area contributed by atoms with Gasteiger partial charge >= 0.3 is 132 Å². The quantitative estimate of drug-likeness (QED) is 0.676. The Labute approximate surface area is 131 Å². The van der Waals surface area contributed by atoms with Crippen molar-refractivity contribution in [3.8, 4) is 28.5 Å². The van der Waals surface area contributed by atoms with Crippen molar-refractivity contribution in [2.75, 3.05) is 0 Å². The van der Waals surface area contributed by atoms with Crippen LogP contribution in [0, 0.1) is 11.3 Å². The van der Waals surface area contributed by atoms with Crippen LogP contribution in [0.4, 0.5) is 0 Å². The van der Waals surface area contributed by atoms with Gasteiger partial charge in [0.15, 0.2) is 0 Å². The van der Waals surface area contributed by atoms with Crippen LogP contribution in [-0.2, 0) is 0 Å². The first-order valence-corrected chi connectivity index (χ1v) is 7.38. The zero-order chi connectivity index (χ0) is 14.7. The number of benzene rings is 2. The molecule has 0 aliphatic rings. The Bertz CT molecular complexity index is 806. The van der Waals surface area contributed by atoms with E-state index < -0.39 is 0 Å². The van der Waals surface area contributed by atoms with E-state index in [2.05, 4.69) is 27.1 Å². The summed E-state index contributed by atoms with van der Waals surface area (Å²) in [6, 6.07) is 24.1. The molecule has 99 valence electrons. The van der Waals surface area contributed by atoms with Crippen molar-refractivity contribution in [1.29, 1.82) is 5.26 Å². The van der Waals surface area contributed by atoms with E-state index >= 15 is 0 Å². The minimum atomic E-state index is 0.584. The number of hydrogen-bond donors (Lipinski definition) is 0. The van der Waals surface area contributed by atoms with E-state index in [0.717, 1.165) is 22.4 Å². The molecule has 3 heteroatoms. The zero-order valence-corrected chi connectivity index (χ0v) is 12.9. The first-order chi connectivity index (χ1) is 10.3. The summed E-state index contributed by atoms with van der Waals surface area (Å²) in [5, 5.41) is 9.41. The van der Waals surface area contributed by atoms with Gasteiger partial charge in [0.2, 0.25) is 0 Å². The topological polar surface area (TPSA) is 36.7 Å².